The highest BCUT2D eigenvalue weighted by molar-refractivity contribution is 7.89. The lowest BCUT2D eigenvalue weighted by molar-refractivity contribution is 0.170. The maximum absolute atomic E-state index is 13.2. The highest BCUT2D eigenvalue weighted by Gasteiger charge is 2.43. The van der Waals surface area contributed by atoms with Crippen molar-refractivity contribution in [3.8, 4) is 0 Å². The summed E-state index contributed by atoms with van der Waals surface area (Å²) in [5, 5.41) is 5.95. The van der Waals surface area contributed by atoms with Crippen LogP contribution in [0.25, 0.3) is 11.0 Å². The van der Waals surface area contributed by atoms with Gasteiger partial charge in [-0.3, -0.25) is 0 Å². The van der Waals surface area contributed by atoms with Crippen molar-refractivity contribution in [2.24, 2.45) is 5.92 Å². The summed E-state index contributed by atoms with van der Waals surface area (Å²) in [7, 11) is -3.65. The smallest absolute Gasteiger partial charge is 0.315 e. The van der Waals surface area contributed by atoms with Gasteiger partial charge in [0.1, 0.15) is 15.9 Å². The summed E-state index contributed by atoms with van der Waals surface area (Å²) in [6, 6.07) is 4.90. The summed E-state index contributed by atoms with van der Waals surface area (Å²) >= 11 is 1.02. The molecule has 1 aromatic heterocycles. The zero-order valence-electron chi connectivity index (χ0n) is 15.8. The van der Waals surface area contributed by atoms with E-state index < -0.39 is 10.0 Å². The van der Waals surface area contributed by atoms with Crippen molar-refractivity contribution in [2.75, 3.05) is 19.6 Å². The fourth-order valence-electron chi connectivity index (χ4n) is 3.98. The standard InChI is InChI=1S/C18H25N5O3S2/c1-2-19-17(24)20-18(12-13-6-7-13)8-10-23(11-9-18)28(25,26)15-5-3-4-14-16(15)22-27-21-14/h3-5,13H,2,6-12H2,1H3,(H2,19,20,24). The summed E-state index contributed by atoms with van der Waals surface area (Å²) in [6.45, 7) is 3.22. The Morgan fingerprint density at radius 2 is 2.04 bits per heavy atom. The zero-order valence-corrected chi connectivity index (χ0v) is 17.5. The molecule has 0 atom stereocenters. The van der Waals surface area contributed by atoms with E-state index in [1.807, 2.05) is 6.92 Å². The minimum Gasteiger partial charge on any atom is -0.338 e. The normalized spacial score (nSPS) is 20.2. The molecule has 0 radical (unpaired) electrons. The number of sulfonamides is 1. The Kier molecular flexibility index (Phi) is 5.28. The number of nitrogens with one attached hydrogen (secondary N) is 2. The van der Waals surface area contributed by atoms with Crippen molar-refractivity contribution in [1.29, 1.82) is 0 Å². The predicted molar refractivity (Wildman–Crippen MR) is 108 cm³/mol. The van der Waals surface area contributed by atoms with Crippen LogP contribution in [-0.2, 0) is 10.0 Å². The van der Waals surface area contributed by atoms with Crippen LogP contribution in [0.15, 0.2) is 23.1 Å². The van der Waals surface area contributed by atoms with Gasteiger partial charge in [0, 0.05) is 25.2 Å². The van der Waals surface area contributed by atoms with Crippen molar-refractivity contribution < 1.29 is 13.2 Å². The molecule has 152 valence electrons. The third kappa shape index (κ3) is 3.85. The molecule has 0 bridgehead atoms. The molecule has 1 aromatic carbocycles. The van der Waals surface area contributed by atoms with Gasteiger partial charge in [0.05, 0.1) is 11.7 Å². The highest BCUT2D eigenvalue weighted by atomic mass is 32.2. The van der Waals surface area contributed by atoms with Gasteiger partial charge in [-0.2, -0.15) is 13.1 Å². The van der Waals surface area contributed by atoms with E-state index in [0.717, 1.165) is 18.1 Å². The van der Waals surface area contributed by atoms with E-state index >= 15 is 0 Å². The van der Waals surface area contributed by atoms with Crippen LogP contribution in [0, 0.1) is 5.92 Å². The van der Waals surface area contributed by atoms with Gasteiger partial charge in [-0.05, 0) is 44.2 Å². The largest absolute Gasteiger partial charge is 0.338 e. The molecule has 8 nitrogen and oxygen atoms in total. The molecular formula is C18H25N5O3S2. The van der Waals surface area contributed by atoms with Gasteiger partial charge in [-0.25, -0.2) is 13.2 Å². The van der Waals surface area contributed by atoms with Crippen molar-refractivity contribution in [3.63, 3.8) is 0 Å². The fraction of sp³-hybridized carbons (Fsp3) is 0.611. The molecule has 1 saturated heterocycles. The van der Waals surface area contributed by atoms with Crippen LogP contribution in [0.1, 0.15) is 39.0 Å². The van der Waals surface area contributed by atoms with Crippen LogP contribution in [0.3, 0.4) is 0 Å². The molecule has 0 unspecified atom stereocenters. The maximum Gasteiger partial charge on any atom is 0.315 e. The molecule has 1 aliphatic carbocycles. The quantitative estimate of drug-likeness (QED) is 0.742. The Hall–Kier alpha value is -1.78. The predicted octanol–water partition coefficient (Wildman–Crippen LogP) is 2.33. The number of nitrogens with zero attached hydrogens (tertiary/aromatic N) is 3. The number of carbonyl (C=O) groups is 1. The Bertz CT molecular complexity index is 963. The number of urea groups is 1. The molecule has 4 rings (SSSR count). The van der Waals surface area contributed by atoms with Gasteiger partial charge in [0.2, 0.25) is 10.0 Å². The first-order valence-corrected chi connectivity index (χ1v) is 11.9. The topological polar surface area (TPSA) is 104 Å². The number of benzene rings is 1. The summed E-state index contributed by atoms with van der Waals surface area (Å²) in [5.41, 5.74) is 0.701. The second-order valence-electron chi connectivity index (χ2n) is 7.70. The first kappa shape index (κ1) is 19.5. The summed E-state index contributed by atoms with van der Waals surface area (Å²) < 4.78 is 36.3. The second kappa shape index (κ2) is 7.57. The summed E-state index contributed by atoms with van der Waals surface area (Å²) in [6.07, 6.45) is 4.54. The van der Waals surface area contributed by atoms with Crippen LogP contribution in [-0.4, -0.2) is 52.7 Å². The van der Waals surface area contributed by atoms with E-state index in [4.69, 9.17) is 0 Å². The number of hydrogen-bond acceptors (Lipinski definition) is 6. The van der Waals surface area contributed by atoms with Crippen LogP contribution in [0.5, 0.6) is 0 Å². The SMILES string of the molecule is CCNC(=O)NC1(CC2CC2)CCN(S(=O)(=O)c2cccc3nsnc23)CC1. The van der Waals surface area contributed by atoms with E-state index in [9.17, 15) is 13.2 Å². The highest BCUT2D eigenvalue weighted by Crippen LogP contribution is 2.41. The van der Waals surface area contributed by atoms with Crippen molar-refractivity contribution in [3.05, 3.63) is 18.2 Å². The average Bonchev–Trinajstić information content (AvgIpc) is 3.33. The molecule has 2 aromatic rings. The molecule has 0 spiro atoms. The second-order valence-corrected chi connectivity index (χ2v) is 10.1. The van der Waals surface area contributed by atoms with Gasteiger partial charge in [-0.1, -0.05) is 18.9 Å². The third-order valence-electron chi connectivity index (χ3n) is 5.64. The molecule has 2 N–H and O–H groups in total. The average molecular weight is 424 g/mol. The molecule has 2 amide bonds. The zero-order chi connectivity index (χ0) is 19.8. The number of aromatic nitrogens is 2. The van der Waals surface area contributed by atoms with E-state index in [0.29, 0.717) is 49.4 Å². The molecule has 1 aliphatic heterocycles. The van der Waals surface area contributed by atoms with Gasteiger partial charge in [0.15, 0.2) is 0 Å². The molecule has 2 aliphatic rings. The summed E-state index contributed by atoms with van der Waals surface area (Å²) in [4.78, 5) is 12.4. The lowest BCUT2D eigenvalue weighted by Gasteiger charge is -2.42. The van der Waals surface area contributed by atoms with Gasteiger partial charge in [-0.15, -0.1) is 0 Å². The lowest BCUT2D eigenvalue weighted by atomic mass is 9.83. The molecule has 10 heteroatoms. The van der Waals surface area contributed by atoms with Crippen LogP contribution in [0.2, 0.25) is 0 Å². The number of carbonyl (C=O) groups excluding carboxylic acids is 1. The number of hydrogen-bond donors (Lipinski definition) is 2. The van der Waals surface area contributed by atoms with Gasteiger partial charge < -0.3 is 10.6 Å². The molecule has 28 heavy (non-hydrogen) atoms. The van der Waals surface area contributed by atoms with Crippen molar-refractivity contribution >= 4 is 38.8 Å². The summed E-state index contributed by atoms with van der Waals surface area (Å²) in [5.74, 6) is 0.639. The first-order chi connectivity index (χ1) is 13.4. The Balaban J connectivity index is 1.52. The molecule has 2 fully saturated rings. The van der Waals surface area contributed by atoms with E-state index in [-0.39, 0.29) is 16.5 Å². The van der Waals surface area contributed by atoms with Crippen LogP contribution in [0.4, 0.5) is 4.79 Å². The first-order valence-electron chi connectivity index (χ1n) is 9.71. The number of piperidine rings is 1. The third-order valence-corrected chi connectivity index (χ3v) is 8.11. The van der Waals surface area contributed by atoms with Crippen molar-refractivity contribution in [1.82, 2.24) is 23.7 Å². The molecular weight excluding hydrogens is 398 g/mol. The number of rotatable bonds is 6. The number of amides is 2. The minimum atomic E-state index is -3.65. The molecule has 1 saturated carbocycles. The molecule has 2 heterocycles. The van der Waals surface area contributed by atoms with Crippen molar-refractivity contribution in [2.45, 2.75) is 49.5 Å². The van der Waals surface area contributed by atoms with E-state index in [1.54, 1.807) is 18.2 Å². The van der Waals surface area contributed by atoms with E-state index in [1.165, 1.54) is 17.1 Å². The number of fused-ring (bicyclic) bond motifs is 1. The fourth-order valence-corrected chi connectivity index (χ4v) is 6.18. The van der Waals surface area contributed by atoms with Gasteiger partial charge in [0.25, 0.3) is 0 Å². The van der Waals surface area contributed by atoms with Crippen LogP contribution < -0.4 is 10.6 Å². The minimum absolute atomic E-state index is 0.169. The van der Waals surface area contributed by atoms with Gasteiger partial charge >= 0.3 is 6.03 Å². The Morgan fingerprint density at radius 3 is 2.71 bits per heavy atom. The van der Waals surface area contributed by atoms with Crippen LogP contribution >= 0.6 is 11.7 Å². The monoisotopic (exact) mass is 423 g/mol. The Labute approximate surface area is 169 Å². The lowest BCUT2D eigenvalue weighted by Crippen LogP contribution is -2.58. The van der Waals surface area contributed by atoms with E-state index in [2.05, 4.69) is 19.4 Å². The Morgan fingerprint density at radius 1 is 1.29 bits per heavy atom. The maximum atomic E-state index is 13.2.